The minimum absolute atomic E-state index is 0.0724. The molecule has 0 bridgehead atoms. The molecule has 1 fully saturated rings. The number of nitrogens with zero attached hydrogens (tertiary/aromatic N) is 1. The highest BCUT2D eigenvalue weighted by molar-refractivity contribution is 5.12. The molecule has 1 aliphatic rings. The number of rotatable bonds is 4. The SMILES string of the molecule is CCCc1cc(=O)[nH]c(C2(OC)CCC2)n1. The molecule has 0 aromatic carbocycles. The van der Waals surface area contributed by atoms with Crippen molar-refractivity contribution in [2.45, 2.75) is 44.6 Å². The number of nitrogens with one attached hydrogen (secondary N) is 1. The van der Waals surface area contributed by atoms with Gasteiger partial charge in [0.05, 0.1) is 0 Å². The van der Waals surface area contributed by atoms with E-state index in [4.69, 9.17) is 4.74 Å². The van der Waals surface area contributed by atoms with Gasteiger partial charge in [-0.25, -0.2) is 4.98 Å². The molecule has 0 amide bonds. The Morgan fingerprint density at radius 1 is 1.56 bits per heavy atom. The van der Waals surface area contributed by atoms with E-state index in [1.54, 1.807) is 13.2 Å². The van der Waals surface area contributed by atoms with Gasteiger partial charge in [-0.1, -0.05) is 13.3 Å². The van der Waals surface area contributed by atoms with Crippen molar-refractivity contribution in [3.63, 3.8) is 0 Å². The summed E-state index contributed by atoms with van der Waals surface area (Å²) >= 11 is 0. The molecule has 88 valence electrons. The molecule has 1 aromatic heterocycles. The lowest BCUT2D eigenvalue weighted by Gasteiger charge is -2.39. The molecule has 2 rings (SSSR count). The molecule has 4 heteroatoms. The maximum absolute atomic E-state index is 11.5. The molecule has 1 aromatic rings. The van der Waals surface area contributed by atoms with Gasteiger partial charge in [0.2, 0.25) is 0 Å². The fourth-order valence-corrected chi connectivity index (χ4v) is 2.14. The Balaban J connectivity index is 2.36. The molecule has 1 heterocycles. The standard InChI is InChI=1S/C12H18N2O2/c1-3-5-9-8-10(15)14-11(13-9)12(16-2)6-4-7-12/h8H,3-7H2,1-2H3,(H,13,14,15). The Morgan fingerprint density at radius 3 is 2.81 bits per heavy atom. The van der Waals surface area contributed by atoms with E-state index in [0.29, 0.717) is 5.82 Å². The summed E-state index contributed by atoms with van der Waals surface area (Å²) in [6.07, 6.45) is 4.87. The first-order valence-corrected chi connectivity index (χ1v) is 5.86. The van der Waals surface area contributed by atoms with Crippen LogP contribution >= 0.6 is 0 Å². The first-order chi connectivity index (χ1) is 7.70. The second-order valence-electron chi connectivity index (χ2n) is 4.39. The van der Waals surface area contributed by atoms with Crippen LogP contribution in [0, 0.1) is 0 Å². The number of aromatic nitrogens is 2. The summed E-state index contributed by atoms with van der Waals surface area (Å²) in [6, 6.07) is 1.58. The van der Waals surface area contributed by atoms with Gasteiger partial charge in [-0.15, -0.1) is 0 Å². The molecule has 1 saturated carbocycles. The third-order valence-corrected chi connectivity index (χ3v) is 3.28. The maximum Gasteiger partial charge on any atom is 0.251 e. The second-order valence-corrected chi connectivity index (χ2v) is 4.39. The quantitative estimate of drug-likeness (QED) is 0.844. The van der Waals surface area contributed by atoms with Gasteiger partial charge in [0.15, 0.2) is 0 Å². The van der Waals surface area contributed by atoms with E-state index in [1.807, 2.05) is 0 Å². The first-order valence-electron chi connectivity index (χ1n) is 5.86. The third kappa shape index (κ3) is 1.89. The molecule has 0 saturated heterocycles. The monoisotopic (exact) mass is 222 g/mol. The Kier molecular flexibility index (Phi) is 3.10. The molecule has 0 unspecified atom stereocenters. The molecule has 0 radical (unpaired) electrons. The number of ether oxygens (including phenoxy) is 1. The summed E-state index contributed by atoms with van der Waals surface area (Å²) < 4.78 is 5.52. The third-order valence-electron chi connectivity index (χ3n) is 3.28. The van der Waals surface area contributed by atoms with E-state index < -0.39 is 0 Å². The minimum atomic E-state index is -0.330. The summed E-state index contributed by atoms with van der Waals surface area (Å²) in [5.74, 6) is 0.706. The smallest absolute Gasteiger partial charge is 0.251 e. The van der Waals surface area contributed by atoms with Crippen molar-refractivity contribution in [1.82, 2.24) is 9.97 Å². The number of aryl methyl sites for hydroxylation is 1. The van der Waals surface area contributed by atoms with Gasteiger partial charge < -0.3 is 9.72 Å². The van der Waals surface area contributed by atoms with E-state index in [0.717, 1.165) is 37.8 Å². The molecule has 0 spiro atoms. The fourth-order valence-electron chi connectivity index (χ4n) is 2.14. The molecule has 1 aliphatic carbocycles. The van der Waals surface area contributed by atoms with Crippen molar-refractivity contribution in [3.8, 4) is 0 Å². The maximum atomic E-state index is 11.5. The van der Waals surface area contributed by atoms with Crippen LogP contribution < -0.4 is 5.56 Å². The largest absolute Gasteiger partial charge is 0.370 e. The van der Waals surface area contributed by atoms with Crippen molar-refractivity contribution in [2.24, 2.45) is 0 Å². The molecule has 4 nitrogen and oxygen atoms in total. The Morgan fingerprint density at radius 2 is 2.31 bits per heavy atom. The van der Waals surface area contributed by atoms with Gasteiger partial charge in [-0.05, 0) is 25.7 Å². The van der Waals surface area contributed by atoms with Gasteiger partial charge in [-0.3, -0.25) is 4.79 Å². The lowest BCUT2D eigenvalue weighted by molar-refractivity contribution is -0.0849. The summed E-state index contributed by atoms with van der Waals surface area (Å²) in [7, 11) is 1.69. The van der Waals surface area contributed by atoms with Crippen LogP contribution in [-0.2, 0) is 16.8 Å². The van der Waals surface area contributed by atoms with E-state index in [2.05, 4.69) is 16.9 Å². The zero-order chi connectivity index (χ0) is 11.6. The van der Waals surface area contributed by atoms with Crippen LogP contribution in [0.25, 0.3) is 0 Å². The highest BCUT2D eigenvalue weighted by atomic mass is 16.5. The average molecular weight is 222 g/mol. The number of aromatic amines is 1. The first kappa shape index (κ1) is 11.3. The Hall–Kier alpha value is -1.16. The molecular formula is C12H18N2O2. The summed E-state index contributed by atoms with van der Waals surface area (Å²) in [5.41, 5.74) is 0.462. The van der Waals surface area contributed by atoms with E-state index in [-0.39, 0.29) is 11.2 Å². The molecule has 1 N–H and O–H groups in total. The number of H-pyrrole nitrogens is 1. The topological polar surface area (TPSA) is 55.0 Å². The van der Waals surface area contributed by atoms with E-state index in [1.165, 1.54) is 0 Å². The summed E-state index contributed by atoms with van der Waals surface area (Å²) in [5, 5.41) is 0. The van der Waals surface area contributed by atoms with Crippen molar-refractivity contribution in [2.75, 3.05) is 7.11 Å². The van der Waals surface area contributed by atoms with Crippen LogP contribution in [0.3, 0.4) is 0 Å². The molecule has 16 heavy (non-hydrogen) atoms. The Labute approximate surface area is 95.1 Å². The lowest BCUT2D eigenvalue weighted by Crippen LogP contribution is -2.39. The average Bonchev–Trinajstić information content (AvgIpc) is 2.16. The van der Waals surface area contributed by atoms with Crippen LogP contribution in [0.5, 0.6) is 0 Å². The van der Waals surface area contributed by atoms with Crippen LogP contribution in [0.2, 0.25) is 0 Å². The zero-order valence-corrected chi connectivity index (χ0v) is 9.88. The van der Waals surface area contributed by atoms with Crippen LogP contribution in [0.4, 0.5) is 0 Å². The summed E-state index contributed by atoms with van der Waals surface area (Å²) in [6.45, 7) is 2.08. The number of methoxy groups -OCH3 is 1. The van der Waals surface area contributed by atoms with Crippen LogP contribution in [-0.4, -0.2) is 17.1 Å². The molecular weight excluding hydrogens is 204 g/mol. The van der Waals surface area contributed by atoms with Gasteiger partial charge in [-0.2, -0.15) is 0 Å². The van der Waals surface area contributed by atoms with Gasteiger partial charge in [0.25, 0.3) is 5.56 Å². The van der Waals surface area contributed by atoms with Crippen molar-refractivity contribution >= 4 is 0 Å². The highest BCUT2D eigenvalue weighted by Gasteiger charge is 2.41. The predicted molar refractivity (Wildman–Crippen MR) is 61.4 cm³/mol. The predicted octanol–water partition coefficient (Wildman–Crippen LogP) is 1.75. The second kappa shape index (κ2) is 4.37. The van der Waals surface area contributed by atoms with Gasteiger partial charge in [0.1, 0.15) is 11.4 Å². The van der Waals surface area contributed by atoms with E-state index in [9.17, 15) is 4.79 Å². The number of hydrogen-bond acceptors (Lipinski definition) is 3. The fraction of sp³-hybridized carbons (Fsp3) is 0.667. The van der Waals surface area contributed by atoms with Gasteiger partial charge in [0, 0.05) is 18.9 Å². The highest BCUT2D eigenvalue weighted by Crippen LogP contribution is 2.42. The molecule has 0 atom stereocenters. The van der Waals surface area contributed by atoms with Crippen molar-refractivity contribution < 1.29 is 4.74 Å². The normalized spacial score (nSPS) is 18.1. The Bertz CT molecular complexity index is 416. The molecule has 0 aliphatic heterocycles. The zero-order valence-electron chi connectivity index (χ0n) is 9.88. The number of hydrogen-bond donors (Lipinski definition) is 1. The summed E-state index contributed by atoms with van der Waals surface area (Å²) in [4.78, 5) is 18.9. The van der Waals surface area contributed by atoms with Crippen LogP contribution in [0.15, 0.2) is 10.9 Å². The van der Waals surface area contributed by atoms with Crippen molar-refractivity contribution in [3.05, 3.63) is 27.9 Å². The van der Waals surface area contributed by atoms with Gasteiger partial charge >= 0.3 is 0 Å². The van der Waals surface area contributed by atoms with Crippen LogP contribution in [0.1, 0.15) is 44.1 Å². The minimum Gasteiger partial charge on any atom is -0.370 e. The van der Waals surface area contributed by atoms with Crippen molar-refractivity contribution in [1.29, 1.82) is 0 Å². The van der Waals surface area contributed by atoms with E-state index >= 15 is 0 Å². The lowest BCUT2D eigenvalue weighted by atomic mass is 9.79.